The minimum absolute atomic E-state index is 0.00476. The molecule has 0 aliphatic rings. The maximum Gasteiger partial charge on any atom is 0.224 e. The van der Waals surface area contributed by atoms with Crippen LogP contribution in [0, 0.1) is 5.82 Å². The van der Waals surface area contributed by atoms with E-state index in [2.05, 4.69) is 5.32 Å². The van der Waals surface area contributed by atoms with Gasteiger partial charge in [-0.3, -0.25) is 9.59 Å². The van der Waals surface area contributed by atoms with Crippen LogP contribution in [0.4, 0.5) is 4.39 Å². The largest absolute Gasteiger partial charge is 0.351 e. The van der Waals surface area contributed by atoms with E-state index in [1.807, 2.05) is 16.8 Å². The van der Waals surface area contributed by atoms with E-state index in [0.717, 1.165) is 10.4 Å². The summed E-state index contributed by atoms with van der Waals surface area (Å²) in [6, 6.07) is 11.3. The number of amides is 1. The standard InChI is InChI=1S/C18H14FNO2S2/c19-14-3-1-12(2-4-14)9-17(21)20-10-15-5-6-16(24-15)18(22)13-7-8-23-11-13/h1-8,11H,9-10H2,(H,20,21). The van der Waals surface area contributed by atoms with Crippen molar-refractivity contribution in [2.45, 2.75) is 13.0 Å². The molecule has 0 bridgehead atoms. The highest BCUT2D eigenvalue weighted by molar-refractivity contribution is 7.14. The highest BCUT2D eigenvalue weighted by Gasteiger charge is 2.12. The average Bonchev–Trinajstić information content (AvgIpc) is 3.26. The van der Waals surface area contributed by atoms with Crippen molar-refractivity contribution in [2.24, 2.45) is 0 Å². The van der Waals surface area contributed by atoms with Crippen LogP contribution in [0.5, 0.6) is 0 Å². The van der Waals surface area contributed by atoms with Gasteiger partial charge in [-0.15, -0.1) is 11.3 Å². The molecule has 0 radical (unpaired) electrons. The monoisotopic (exact) mass is 359 g/mol. The summed E-state index contributed by atoms with van der Waals surface area (Å²) >= 11 is 2.87. The van der Waals surface area contributed by atoms with E-state index >= 15 is 0 Å². The number of hydrogen-bond donors (Lipinski definition) is 1. The van der Waals surface area contributed by atoms with Crippen molar-refractivity contribution in [3.05, 3.63) is 79.9 Å². The molecule has 0 aliphatic heterocycles. The van der Waals surface area contributed by atoms with E-state index in [-0.39, 0.29) is 23.9 Å². The Morgan fingerprint density at radius 3 is 2.54 bits per heavy atom. The van der Waals surface area contributed by atoms with E-state index in [9.17, 15) is 14.0 Å². The minimum Gasteiger partial charge on any atom is -0.351 e. The Bertz CT molecular complexity index is 838. The molecule has 0 saturated heterocycles. The first-order chi connectivity index (χ1) is 11.6. The van der Waals surface area contributed by atoms with Crippen molar-refractivity contribution >= 4 is 34.4 Å². The fourth-order valence-electron chi connectivity index (χ4n) is 2.17. The van der Waals surface area contributed by atoms with Gasteiger partial charge in [-0.2, -0.15) is 11.3 Å². The molecule has 3 rings (SSSR count). The number of nitrogens with one attached hydrogen (secondary N) is 1. The van der Waals surface area contributed by atoms with Crippen LogP contribution < -0.4 is 5.32 Å². The summed E-state index contributed by atoms with van der Waals surface area (Å²) in [5, 5.41) is 6.52. The molecule has 3 nitrogen and oxygen atoms in total. The predicted octanol–water partition coefficient (Wildman–Crippen LogP) is 4.04. The molecular formula is C18H14FNO2S2. The molecule has 24 heavy (non-hydrogen) atoms. The summed E-state index contributed by atoms with van der Waals surface area (Å²) in [5.41, 5.74) is 1.45. The second-order valence-electron chi connectivity index (χ2n) is 5.19. The maximum absolute atomic E-state index is 12.8. The van der Waals surface area contributed by atoms with Crippen LogP contribution >= 0.6 is 22.7 Å². The number of carbonyl (C=O) groups excluding carboxylic acids is 2. The highest BCUT2D eigenvalue weighted by atomic mass is 32.1. The summed E-state index contributed by atoms with van der Waals surface area (Å²) < 4.78 is 12.8. The molecular weight excluding hydrogens is 345 g/mol. The topological polar surface area (TPSA) is 46.2 Å². The lowest BCUT2D eigenvalue weighted by Gasteiger charge is -2.04. The van der Waals surface area contributed by atoms with E-state index in [0.29, 0.717) is 17.0 Å². The van der Waals surface area contributed by atoms with Gasteiger partial charge < -0.3 is 5.32 Å². The number of halogens is 1. The molecule has 0 spiro atoms. The number of carbonyl (C=O) groups is 2. The summed E-state index contributed by atoms with van der Waals surface area (Å²) in [6.07, 6.45) is 0.201. The van der Waals surface area contributed by atoms with Gasteiger partial charge in [-0.05, 0) is 41.3 Å². The van der Waals surface area contributed by atoms with Gasteiger partial charge in [0.05, 0.1) is 17.8 Å². The van der Waals surface area contributed by atoms with Crippen molar-refractivity contribution in [1.29, 1.82) is 0 Å². The van der Waals surface area contributed by atoms with Crippen molar-refractivity contribution in [3.8, 4) is 0 Å². The molecule has 1 aromatic carbocycles. The van der Waals surface area contributed by atoms with Gasteiger partial charge in [-0.1, -0.05) is 12.1 Å². The SMILES string of the molecule is O=C(Cc1ccc(F)cc1)NCc1ccc(C(=O)c2ccsc2)s1. The van der Waals surface area contributed by atoms with Crippen molar-refractivity contribution in [2.75, 3.05) is 0 Å². The first-order valence-corrected chi connectivity index (χ1v) is 9.04. The average molecular weight is 359 g/mol. The van der Waals surface area contributed by atoms with E-state index in [1.165, 1.54) is 34.8 Å². The molecule has 0 unspecified atom stereocenters. The molecule has 0 atom stereocenters. The quantitative estimate of drug-likeness (QED) is 0.675. The van der Waals surface area contributed by atoms with Crippen molar-refractivity contribution < 1.29 is 14.0 Å². The van der Waals surface area contributed by atoms with Crippen molar-refractivity contribution in [1.82, 2.24) is 5.32 Å². The predicted molar refractivity (Wildman–Crippen MR) is 94.0 cm³/mol. The van der Waals surface area contributed by atoms with E-state index in [1.54, 1.807) is 24.3 Å². The number of thiophene rings is 2. The van der Waals surface area contributed by atoms with Gasteiger partial charge in [-0.25, -0.2) is 4.39 Å². The highest BCUT2D eigenvalue weighted by Crippen LogP contribution is 2.21. The number of rotatable bonds is 6. The number of benzene rings is 1. The third-order valence-electron chi connectivity index (χ3n) is 3.41. The van der Waals surface area contributed by atoms with Crippen LogP contribution in [0.25, 0.3) is 0 Å². The summed E-state index contributed by atoms with van der Waals surface area (Å²) in [7, 11) is 0. The number of hydrogen-bond acceptors (Lipinski definition) is 4. The fourth-order valence-corrected chi connectivity index (χ4v) is 3.71. The smallest absolute Gasteiger partial charge is 0.224 e. The first kappa shape index (κ1) is 16.5. The van der Waals surface area contributed by atoms with Crippen LogP contribution in [-0.2, 0) is 17.8 Å². The maximum atomic E-state index is 12.8. The summed E-state index contributed by atoms with van der Waals surface area (Å²) in [4.78, 5) is 25.7. The molecule has 2 heterocycles. The first-order valence-electron chi connectivity index (χ1n) is 7.28. The van der Waals surface area contributed by atoms with Crippen LogP contribution in [0.2, 0.25) is 0 Å². The van der Waals surface area contributed by atoms with Gasteiger partial charge >= 0.3 is 0 Å². The Labute approximate surface area is 146 Å². The lowest BCUT2D eigenvalue weighted by molar-refractivity contribution is -0.120. The zero-order valence-electron chi connectivity index (χ0n) is 12.6. The van der Waals surface area contributed by atoms with Gasteiger partial charge in [0, 0.05) is 15.8 Å². The third kappa shape index (κ3) is 4.15. The molecule has 3 aromatic rings. The van der Waals surface area contributed by atoms with Crippen LogP contribution in [0.15, 0.2) is 53.2 Å². The van der Waals surface area contributed by atoms with E-state index in [4.69, 9.17) is 0 Å². The molecule has 0 fully saturated rings. The summed E-state index contributed by atoms with van der Waals surface area (Å²) in [6.45, 7) is 0.377. The van der Waals surface area contributed by atoms with Crippen LogP contribution in [-0.4, -0.2) is 11.7 Å². The summed E-state index contributed by atoms with van der Waals surface area (Å²) in [5.74, 6) is -0.452. The second-order valence-corrected chi connectivity index (χ2v) is 7.14. The lowest BCUT2D eigenvalue weighted by atomic mass is 10.1. The van der Waals surface area contributed by atoms with E-state index < -0.39 is 0 Å². The van der Waals surface area contributed by atoms with Gasteiger partial charge in [0.2, 0.25) is 11.7 Å². The molecule has 0 saturated carbocycles. The van der Waals surface area contributed by atoms with Gasteiger partial charge in [0.15, 0.2) is 0 Å². The minimum atomic E-state index is -0.319. The third-order valence-corrected chi connectivity index (χ3v) is 5.17. The Balaban J connectivity index is 1.54. The fraction of sp³-hybridized carbons (Fsp3) is 0.111. The van der Waals surface area contributed by atoms with Crippen molar-refractivity contribution in [3.63, 3.8) is 0 Å². The Morgan fingerprint density at radius 2 is 1.83 bits per heavy atom. The molecule has 0 aliphatic carbocycles. The molecule has 1 N–H and O–H groups in total. The molecule has 1 amide bonds. The zero-order chi connectivity index (χ0) is 16.9. The Kier molecular flexibility index (Phi) is 5.17. The molecule has 6 heteroatoms. The van der Waals surface area contributed by atoms with Gasteiger partial charge in [0.1, 0.15) is 5.82 Å². The van der Waals surface area contributed by atoms with Crippen LogP contribution in [0.3, 0.4) is 0 Å². The lowest BCUT2D eigenvalue weighted by Crippen LogP contribution is -2.24. The second kappa shape index (κ2) is 7.51. The normalized spacial score (nSPS) is 10.5. The van der Waals surface area contributed by atoms with Gasteiger partial charge in [0.25, 0.3) is 0 Å². The number of ketones is 1. The van der Waals surface area contributed by atoms with Crippen LogP contribution in [0.1, 0.15) is 25.7 Å². The Morgan fingerprint density at radius 1 is 1.04 bits per heavy atom. The molecule has 2 aromatic heterocycles. The zero-order valence-corrected chi connectivity index (χ0v) is 14.3. The molecule has 122 valence electrons. The Hall–Kier alpha value is -2.31.